The summed E-state index contributed by atoms with van der Waals surface area (Å²) in [4.78, 5) is 16.9. The quantitative estimate of drug-likeness (QED) is 0.727. The fraction of sp³-hybridized carbons (Fsp3) is 0.278. The summed E-state index contributed by atoms with van der Waals surface area (Å²) in [6, 6.07) is 7.09. The van der Waals surface area contributed by atoms with Crippen molar-refractivity contribution in [3.8, 4) is 0 Å². The number of carbonyl (C=O) groups excluding carboxylic acids is 1. The van der Waals surface area contributed by atoms with Gasteiger partial charge in [0.25, 0.3) is 0 Å². The first-order valence-corrected chi connectivity index (χ1v) is 8.68. The minimum absolute atomic E-state index is 0.125. The second-order valence-electron chi connectivity index (χ2n) is 5.97. The SMILES string of the molecule is Cc1cc2nc(C)c(CCC(=O)Nc3cccc(Cl)c3Cl)c(C)n2n1. The number of nitrogens with one attached hydrogen (secondary N) is 1. The van der Waals surface area contributed by atoms with Crippen LogP contribution in [-0.2, 0) is 11.2 Å². The van der Waals surface area contributed by atoms with Crippen LogP contribution in [-0.4, -0.2) is 20.5 Å². The van der Waals surface area contributed by atoms with Crippen LogP contribution in [0.15, 0.2) is 24.3 Å². The minimum Gasteiger partial charge on any atom is -0.325 e. The molecule has 0 fully saturated rings. The molecule has 3 rings (SSSR count). The monoisotopic (exact) mass is 376 g/mol. The zero-order chi connectivity index (χ0) is 18.1. The summed E-state index contributed by atoms with van der Waals surface area (Å²) < 4.78 is 1.82. The Balaban J connectivity index is 1.76. The molecule has 0 aliphatic heterocycles. The Morgan fingerprint density at radius 1 is 1.24 bits per heavy atom. The van der Waals surface area contributed by atoms with E-state index in [1.54, 1.807) is 18.2 Å². The van der Waals surface area contributed by atoms with E-state index in [9.17, 15) is 4.79 Å². The second kappa shape index (κ2) is 7.02. The molecule has 1 N–H and O–H groups in total. The number of aromatic nitrogens is 3. The lowest BCUT2D eigenvalue weighted by atomic mass is 10.1. The van der Waals surface area contributed by atoms with Gasteiger partial charge in [0.05, 0.1) is 21.4 Å². The lowest BCUT2D eigenvalue weighted by Gasteiger charge is -2.12. The van der Waals surface area contributed by atoms with Gasteiger partial charge >= 0.3 is 0 Å². The number of rotatable bonds is 4. The zero-order valence-electron chi connectivity index (χ0n) is 14.2. The van der Waals surface area contributed by atoms with Crippen molar-refractivity contribution < 1.29 is 4.79 Å². The maximum Gasteiger partial charge on any atom is 0.224 e. The van der Waals surface area contributed by atoms with Gasteiger partial charge in [0, 0.05) is 23.9 Å². The highest BCUT2D eigenvalue weighted by Crippen LogP contribution is 2.29. The molecule has 0 saturated carbocycles. The first-order chi connectivity index (χ1) is 11.9. The summed E-state index contributed by atoms with van der Waals surface area (Å²) in [6.45, 7) is 5.89. The highest BCUT2D eigenvalue weighted by Gasteiger charge is 2.14. The fourth-order valence-corrected chi connectivity index (χ4v) is 3.20. The van der Waals surface area contributed by atoms with Gasteiger partial charge in [-0.05, 0) is 44.9 Å². The molecule has 5 nitrogen and oxygen atoms in total. The van der Waals surface area contributed by atoms with Crippen LogP contribution in [0.4, 0.5) is 5.69 Å². The number of nitrogens with zero attached hydrogens (tertiary/aromatic N) is 3. The average molecular weight is 377 g/mol. The third-order valence-corrected chi connectivity index (χ3v) is 4.93. The molecule has 2 heterocycles. The Labute approximate surface area is 156 Å². The van der Waals surface area contributed by atoms with Crippen molar-refractivity contribution in [2.45, 2.75) is 33.6 Å². The molecule has 25 heavy (non-hydrogen) atoms. The molecule has 0 radical (unpaired) electrons. The van der Waals surface area contributed by atoms with Gasteiger partial charge in [0.2, 0.25) is 5.91 Å². The molecule has 2 aromatic heterocycles. The van der Waals surface area contributed by atoms with Crippen molar-refractivity contribution in [1.29, 1.82) is 0 Å². The number of aryl methyl sites for hydroxylation is 3. The second-order valence-corrected chi connectivity index (χ2v) is 6.75. The van der Waals surface area contributed by atoms with E-state index >= 15 is 0 Å². The normalized spacial score (nSPS) is 11.1. The topological polar surface area (TPSA) is 59.3 Å². The van der Waals surface area contributed by atoms with E-state index in [1.165, 1.54) is 0 Å². The Hall–Kier alpha value is -2.11. The molecule has 130 valence electrons. The van der Waals surface area contributed by atoms with E-state index in [0.717, 1.165) is 28.3 Å². The number of anilines is 1. The van der Waals surface area contributed by atoms with Crippen LogP contribution in [0.25, 0.3) is 5.65 Å². The summed E-state index contributed by atoms with van der Waals surface area (Å²) in [5, 5.41) is 8.01. The lowest BCUT2D eigenvalue weighted by molar-refractivity contribution is -0.116. The molecular weight excluding hydrogens is 359 g/mol. The molecule has 0 saturated heterocycles. The summed E-state index contributed by atoms with van der Waals surface area (Å²) >= 11 is 12.1. The molecule has 0 unspecified atom stereocenters. The molecule has 1 aromatic carbocycles. The van der Waals surface area contributed by atoms with E-state index in [1.807, 2.05) is 31.4 Å². The third kappa shape index (κ3) is 3.62. The van der Waals surface area contributed by atoms with Gasteiger partial charge in [-0.2, -0.15) is 5.10 Å². The van der Waals surface area contributed by atoms with Gasteiger partial charge in [0.1, 0.15) is 0 Å². The molecule has 7 heteroatoms. The van der Waals surface area contributed by atoms with Crippen molar-refractivity contribution in [2.24, 2.45) is 0 Å². The molecule has 0 spiro atoms. The van der Waals surface area contributed by atoms with Crippen LogP contribution in [0.3, 0.4) is 0 Å². The van der Waals surface area contributed by atoms with Crippen LogP contribution in [0.2, 0.25) is 10.0 Å². The Kier molecular flexibility index (Phi) is 4.97. The number of amides is 1. The number of hydrogen-bond donors (Lipinski definition) is 1. The number of hydrogen-bond acceptors (Lipinski definition) is 3. The van der Waals surface area contributed by atoms with Gasteiger partial charge in [-0.25, -0.2) is 9.50 Å². The van der Waals surface area contributed by atoms with Crippen molar-refractivity contribution in [1.82, 2.24) is 14.6 Å². The Morgan fingerprint density at radius 2 is 2.00 bits per heavy atom. The Bertz CT molecular complexity index is 965. The van der Waals surface area contributed by atoms with Crippen molar-refractivity contribution >= 4 is 40.4 Å². The number of carbonyl (C=O) groups is 1. The number of fused-ring (bicyclic) bond motifs is 1. The summed E-state index contributed by atoms with van der Waals surface area (Å²) in [7, 11) is 0. The highest BCUT2D eigenvalue weighted by molar-refractivity contribution is 6.43. The van der Waals surface area contributed by atoms with Crippen molar-refractivity contribution in [3.05, 3.63) is 57.0 Å². The van der Waals surface area contributed by atoms with E-state index in [-0.39, 0.29) is 5.91 Å². The molecule has 3 aromatic rings. The smallest absolute Gasteiger partial charge is 0.224 e. The Morgan fingerprint density at radius 3 is 2.76 bits per heavy atom. The van der Waals surface area contributed by atoms with Crippen LogP contribution in [0.5, 0.6) is 0 Å². The van der Waals surface area contributed by atoms with Crippen LogP contribution >= 0.6 is 23.2 Å². The fourth-order valence-electron chi connectivity index (χ4n) is 2.85. The molecule has 0 bridgehead atoms. The third-order valence-electron chi connectivity index (χ3n) is 4.11. The van der Waals surface area contributed by atoms with Crippen LogP contribution < -0.4 is 5.32 Å². The van der Waals surface area contributed by atoms with Gasteiger partial charge < -0.3 is 5.32 Å². The van der Waals surface area contributed by atoms with Crippen LogP contribution in [0, 0.1) is 20.8 Å². The van der Waals surface area contributed by atoms with Crippen molar-refractivity contribution in [3.63, 3.8) is 0 Å². The van der Waals surface area contributed by atoms with Gasteiger partial charge in [-0.15, -0.1) is 0 Å². The van der Waals surface area contributed by atoms with Gasteiger partial charge in [-0.3, -0.25) is 4.79 Å². The summed E-state index contributed by atoms with van der Waals surface area (Å²) in [5.41, 5.74) is 5.21. The molecular formula is C18H18Cl2N4O. The first kappa shape index (κ1) is 17.7. The highest BCUT2D eigenvalue weighted by atomic mass is 35.5. The van der Waals surface area contributed by atoms with Gasteiger partial charge in [0.15, 0.2) is 5.65 Å². The van der Waals surface area contributed by atoms with E-state index in [2.05, 4.69) is 15.4 Å². The van der Waals surface area contributed by atoms with E-state index in [4.69, 9.17) is 23.2 Å². The number of halogens is 2. The van der Waals surface area contributed by atoms with Crippen molar-refractivity contribution in [2.75, 3.05) is 5.32 Å². The predicted octanol–water partition coefficient (Wildman–Crippen LogP) is 4.53. The maximum atomic E-state index is 12.3. The zero-order valence-corrected chi connectivity index (χ0v) is 15.7. The molecule has 0 atom stereocenters. The van der Waals surface area contributed by atoms with Crippen LogP contribution in [0.1, 0.15) is 29.1 Å². The predicted molar refractivity (Wildman–Crippen MR) is 101 cm³/mol. The maximum absolute atomic E-state index is 12.3. The first-order valence-electron chi connectivity index (χ1n) is 7.93. The lowest BCUT2D eigenvalue weighted by Crippen LogP contribution is -2.14. The largest absolute Gasteiger partial charge is 0.325 e. The standard InChI is InChI=1S/C18H18Cl2N4O/c1-10-9-16-21-11(2)13(12(3)24(16)23-10)7-8-17(25)22-15-6-4-5-14(19)18(15)20/h4-6,9H,7-8H2,1-3H3,(H,22,25). The van der Waals surface area contributed by atoms with E-state index < -0.39 is 0 Å². The summed E-state index contributed by atoms with van der Waals surface area (Å²) in [6.07, 6.45) is 0.890. The number of benzene rings is 1. The van der Waals surface area contributed by atoms with Gasteiger partial charge in [-0.1, -0.05) is 29.3 Å². The van der Waals surface area contributed by atoms with E-state index in [0.29, 0.717) is 28.6 Å². The molecule has 1 amide bonds. The minimum atomic E-state index is -0.125. The summed E-state index contributed by atoms with van der Waals surface area (Å²) in [5.74, 6) is -0.125. The molecule has 0 aliphatic rings. The molecule has 0 aliphatic carbocycles. The average Bonchev–Trinajstić information content (AvgIpc) is 2.92.